The molecule has 0 radical (unpaired) electrons. The molecule has 0 saturated heterocycles. The van der Waals surface area contributed by atoms with Crippen molar-refractivity contribution in [1.82, 2.24) is 14.5 Å². The van der Waals surface area contributed by atoms with Crippen LogP contribution in [0.5, 0.6) is 0 Å². The molecule has 1 aromatic rings. The first-order chi connectivity index (χ1) is 7.02. The third kappa shape index (κ3) is 2.90. The Hall–Kier alpha value is -1.65. The van der Waals surface area contributed by atoms with Crippen molar-refractivity contribution in [1.29, 1.82) is 0 Å². The molecule has 82 valence electrons. The Morgan fingerprint density at radius 1 is 1.60 bits per heavy atom. The molecule has 0 saturated carbocycles. The molecule has 1 amide bonds. The minimum absolute atomic E-state index is 0.0430. The Morgan fingerprint density at radius 3 is 2.80 bits per heavy atom. The van der Waals surface area contributed by atoms with Crippen LogP contribution < -0.4 is 5.56 Å². The summed E-state index contributed by atoms with van der Waals surface area (Å²) in [5.74, 6) is -0.0971. The lowest BCUT2D eigenvalue weighted by Crippen LogP contribution is -2.37. The molecule has 0 aromatic carbocycles. The Kier molecular flexibility index (Phi) is 3.60. The highest BCUT2D eigenvalue weighted by Crippen LogP contribution is 1.95. The highest BCUT2D eigenvalue weighted by molar-refractivity contribution is 5.75. The minimum Gasteiger partial charge on any atom is -0.342 e. The van der Waals surface area contributed by atoms with Crippen molar-refractivity contribution in [3.8, 4) is 0 Å². The molecule has 1 heterocycles. The molecule has 0 fully saturated rings. The number of hydrogen-bond acceptors (Lipinski definition) is 3. The maximum absolute atomic E-state index is 11.6. The molecule has 0 unspecified atom stereocenters. The lowest BCUT2D eigenvalue weighted by molar-refractivity contribution is -0.132. The zero-order chi connectivity index (χ0) is 11.4. The van der Waals surface area contributed by atoms with Gasteiger partial charge in [-0.25, -0.2) is 4.98 Å². The number of rotatable bonds is 3. The Bertz CT molecular complexity index is 398. The molecule has 0 bridgehead atoms. The van der Waals surface area contributed by atoms with E-state index >= 15 is 0 Å². The Balaban J connectivity index is 2.75. The van der Waals surface area contributed by atoms with E-state index in [-0.39, 0.29) is 24.1 Å². The monoisotopic (exact) mass is 209 g/mol. The molecule has 5 nitrogen and oxygen atoms in total. The predicted octanol–water partition coefficient (Wildman–Crippen LogP) is 0.110. The van der Waals surface area contributed by atoms with E-state index in [0.29, 0.717) is 0 Å². The first-order valence-corrected chi connectivity index (χ1v) is 4.78. The molecule has 0 aliphatic heterocycles. The van der Waals surface area contributed by atoms with Gasteiger partial charge in [0.15, 0.2) is 0 Å². The normalized spacial score (nSPS) is 10.4. The highest BCUT2D eigenvalue weighted by atomic mass is 16.2. The topological polar surface area (TPSA) is 55.2 Å². The molecule has 0 atom stereocenters. The van der Waals surface area contributed by atoms with E-state index in [1.807, 2.05) is 13.8 Å². The molecular formula is C10H15N3O2. The van der Waals surface area contributed by atoms with Gasteiger partial charge in [0.25, 0.3) is 5.56 Å². The summed E-state index contributed by atoms with van der Waals surface area (Å²) in [6, 6.07) is 1.47. The van der Waals surface area contributed by atoms with Gasteiger partial charge in [-0.1, -0.05) is 0 Å². The van der Waals surface area contributed by atoms with E-state index in [2.05, 4.69) is 4.98 Å². The van der Waals surface area contributed by atoms with Crippen LogP contribution in [0.2, 0.25) is 0 Å². The number of aromatic nitrogens is 2. The second-order valence-corrected chi connectivity index (χ2v) is 3.64. The maximum Gasteiger partial charge on any atom is 0.253 e. The van der Waals surface area contributed by atoms with Crippen molar-refractivity contribution in [2.45, 2.75) is 26.4 Å². The average molecular weight is 209 g/mol. The quantitative estimate of drug-likeness (QED) is 0.710. The second-order valence-electron chi connectivity index (χ2n) is 3.64. The standard InChI is InChI=1S/C10H15N3O2/c1-8(2)12(3)10(15)6-13-7-11-5-4-9(13)14/h4-5,7-8H,6H2,1-3H3. The Labute approximate surface area is 88.4 Å². The summed E-state index contributed by atoms with van der Waals surface area (Å²) >= 11 is 0. The molecule has 0 aliphatic carbocycles. The van der Waals surface area contributed by atoms with Gasteiger partial charge in [-0.05, 0) is 13.8 Å². The van der Waals surface area contributed by atoms with Gasteiger partial charge < -0.3 is 4.90 Å². The van der Waals surface area contributed by atoms with E-state index in [1.54, 1.807) is 11.9 Å². The van der Waals surface area contributed by atoms with Crippen molar-refractivity contribution >= 4 is 5.91 Å². The molecule has 0 N–H and O–H groups in total. The van der Waals surface area contributed by atoms with Gasteiger partial charge in [-0.15, -0.1) is 0 Å². The largest absolute Gasteiger partial charge is 0.342 e. The van der Waals surface area contributed by atoms with Crippen LogP contribution >= 0.6 is 0 Å². The van der Waals surface area contributed by atoms with Crippen molar-refractivity contribution in [3.63, 3.8) is 0 Å². The molecule has 1 aromatic heterocycles. The molecule has 1 rings (SSSR count). The van der Waals surface area contributed by atoms with Crippen molar-refractivity contribution in [2.75, 3.05) is 7.05 Å². The van der Waals surface area contributed by atoms with Gasteiger partial charge in [0.1, 0.15) is 6.54 Å². The summed E-state index contributed by atoms with van der Waals surface area (Å²) in [6.07, 6.45) is 2.78. The molecular weight excluding hydrogens is 194 g/mol. The van der Waals surface area contributed by atoms with E-state index in [1.165, 1.54) is 23.2 Å². The fourth-order valence-electron chi connectivity index (χ4n) is 1.04. The van der Waals surface area contributed by atoms with E-state index < -0.39 is 0 Å². The number of likely N-dealkylation sites (N-methyl/N-ethyl adjacent to an activating group) is 1. The molecule has 5 heteroatoms. The average Bonchev–Trinajstić information content (AvgIpc) is 2.20. The third-order valence-electron chi connectivity index (χ3n) is 2.27. The minimum atomic E-state index is -0.212. The molecule has 0 spiro atoms. The third-order valence-corrected chi connectivity index (χ3v) is 2.27. The number of nitrogens with zero attached hydrogens (tertiary/aromatic N) is 3. The second kappa shape index (κ2) is 4.72. The lowest BCUT2D eigenvalue weighted by atomic mass is 10.3. The zero-order valence-corrected chi connectivity index (χ0v) is 9.17. The van der Waals surface area contributed by atoms with Crippen LogP contribution in [0.1, 0.15) is 13.8 Å². The van der Waals surface area contributed by atoms with Crippen LogP contribution in [0, 0.1) is 0 Å². The summed E-state index contributed by atoms with van der Waals surface area (Å²) < 4.78 is 1.29. The first-order valence-electron chi connectivity index (χ1n) is 4.78. The summed E-state index contributed by atoms with van der Waals surface area (Å²) in [4.78, 5) is 28.3. The van der Waals surface area contributed by atoms with Gasteiger partial charge >= 0.3 is 0 Å². The van der Waals surface area contributed by atoms with Crippen LogP contribution in [-0.2, 0) is 11.3 Å². The summed E-state index contributed by atoms with van der Waals surface area (Å²) in [7, 11) is 1.72. The van der Waals surface area contributed by atoms with E-state index in [9.17, 15) is 9.59 Å². The summed E-state index contributed by atoms with van der Waals surface area (Å²) in [5.41, 5.74) is -0.212. The zero-order valence-electron chi connectivity index (χ0n) is 9.17. The summed E-state index contributed by atoms with van der Waals surface area (Å²) in [6.45, 7) is 3.88. The first kappa shape index (κ1) is 11.4. The fraction of sp³-hybridized carbons (Fsp3) is 0.500. The lowest BCUT2D eigenvalue weighted by Gasteiger charge is -2.21. The number of amides is 1. The molecule has 0 aliphatic rings. The molecule has 15 heavy (non-hydrogen) atoms. The predicted molar refractivity (Wildman–Crippen MR) is 56.4 cm³/mol. The van der Waals surface area contributed by atoms with Crippen LogP contribution in [0.3, 0.4) is 0 Å². The van der Waals surface area contributed by atoms with Crippen molar-refractivity contribution in [2.24, 2.45) is 0 Å². The number of hydrogen-bond donors (Lipinski definition) is 0. The van der Waals surface area contributed by atoms with Crippen molar-refractivity contribution < 1.29 is 4.79 Å². The van der Waals surface area contributed by atoms with Crippen LogP contribution in [-0.4, -0.2) is 33.4 Å². The highest BCUT2D eigenvalue weighted by Gasteiger charge is 2.12. The van der Waals surface area contributed by atoms with Crippen LogP contribution in [0.4, 0.5) is 0 Å². The van der Waals surface area contributed by atoms with Crippen molar-refractivity contribution in [3.05, 3.63) is 28.9 Å². The maximum atomic E-state index is 11.6. The Morgan fingerprint density at radius 2 is 2.27 bits per heavy atom. The van der Waals surface area contributed by atoms with E-state index in [4.69, 9.17) is 0 Å². The van der Waals surface area contributed by atoms with Crippen LogP contribution in [0.25, 0.3) is 0 Å². The fourth-order valence-corrected chi connectivity index (χ4v) is 1.04. The van der Waals surface area contributed by atoms with Gasteiger partial charge in [0.2, 0.25) is 5.91 Å². The van der Waals surface area contributed by atoms with E-state index in [0.717, 1.165) is 0 Å². The van der Waals surface area contributed by atoms with Gasteiger partial charge in [-0.2, -0.15) is 0 Å². The van der Waals surface area contributed by atoms with Gasteiger partial charge in [0, 0.05) is 25.4 Å². The van der Waals surface area contributed by atoms with Crippen LogP contribution in [0.15, 0.2) is 23.4 Å². The SMILES string of the molecule is CC(C)N(C)C(=O)Cn1cnccc1=O. The summed E-state index contributed by atoms with van der Waals surface area (Å²) in [5, 5.41) is 0. The van der Waals surface area contributed by atoms with Gasteiger partial charge in [0.05, 0.1) is 6.33 Å². The van der Waals surface area contributed by atoms with Gasteiger partial charge in [-0.3, -0.25) is 14.2 Å². The number of carbonyl (C=O) groups is 1. The smallest absolute Gasteiger partial charge is 0.253 e. The number of carbonyl (C=O) groups excluding carboxylic acids is 1.